The van der Waals surface area contributed by atoms with E-state index in [9.17, 15) is 0 Å². The molecule has 2 N–H and O–H groups in total. The number of nitrogens with zero attached hydrogens (tertiary/aromatic N) is 1. The Kier molecular flexibility index (Phi) is 5.79. The molecule has 70 valence electrons. The predicted molar refractivity (Wildman–Crippen MR) is 53.8 cm³/mol. The molecule has 0 spiro atoms. The second-order valence-electron chi connectivity index (χ2n) is 3.42. The molecule has 0 saturated carbocycles. The maximum atomic E-state index is 5.27. The predicted octanol–water partition coefficient (Wildman–Crippen LogP) is 1.07. The summed E-state index contributed by atoms with van der Waals surface area (Å²) in [7, 11) is 0. The third kappa shape index (κ3) is 4.38. The van der Waals surface area contributed by atoms with Crippen molar-refractivity contribution in [3.63, 3.8) is 0 Å². The van der Waals surface area contributed by atoms with Gasteiger partial charge in [-0.05, 0) is 27.7 Å². The maximum Gasteiger partial charge on any atom is 0.0606 e. The quantitative estimate of drug-likeness (QED) is 0.639. The fourth-order valence-corrected chi connectivity index (χ4v) is 1.18. The smallest absolute Gasteiger partial charge is 0.0606 e. The lowest BCUT2D eigenvalue weighted by atomic mass is 10.2. The minimum absolute atomic E-state index is 0.462. The molecule has 0 aromatic carbocycles. The zero-order valence-electron chi connectivity index (χ0n) is 8.59. The first kappa shape index (κ1) is 11.5. The molecule has 0 aromatic heterocycles. The summed E-state index contributed by atoms with van der Waals surface area (Å²) in [5, 5.41) is 0. The lowest BCUT2D eigenvalue weighted by Crippen LogP contribution is -2.37. The van der Waals surface area contributed by atoms with Crippen LogP contribution in [0.15, 0.2) is 0 Å². The molecular formula is C10H20N2. The highest BCUT2D eigenvalue weighted by atomic mass is 15.2. The monoisotopic (exact) mass is 168 g/mol. The Morgan fingerprint density at radius 2 is 1.58 bits per heavy atom. The van der Waals surface area contributed by atoms with Crippen LogP contribution in [-0.4, -0.2) is 30.1 Å². The molecule has 0 aliphatic heterocycles. The summed E-state index contributed by atoms with van der Waals surface area (Å²) in [5.41, 5.74) is 5.27. The highest BCUT2D eigenvalue weighted by Gasteiger charge is 2.10. The summed E-state index contributed by atoms with van der Waals surface area (Å²) in [6.45, 7) is 10.0. The molecule has 0 rings (SSSR count). The van der Waals surface area contributed by atoms with Gasteiger partial charge in [0.25, 0.3) is 0 Å². The second-order valence-corrected chi connectivity index (χ2v) is 3.42. The van der Waals surface area contributed by atoms with E-state index in [0.717, 1.165) is 6.54 Å². The zero-order chi connectivity index (χ0) is 9.56. The minimum atomic E-state index is 0.462. The van der Waals surface area contributed by atoms with Crippen LogP contribution in [0, 0.1) is 11.8 Å². The van der Waals surface area contributed by atoms with Gasteiger partial charge in [-0.3, -0.25) is 4.90 Å². The molecule has 0 atom stereocenters. The molecule has 0 fully saturated rings. The number of hydrogen-bond donors (Lipinski definition) is 1. The molecule has 0 amide bonds. The van der Waals surface area contributed by atoms with Crippen LogP contribution in [-0.2, 0) is 0 Å². The molecule has 0 aliphatic carbocycles. The molecule has 0 heterocycles. The Balaban J connectivity index is 3.96. The summed E-state index contributed by atoms with van der Waals surface area (Å²) >= 11 is 0. The van der Waals surface area contributed by atoms with Crippen molar-refractivity contribution in [2.45, 2.75) is 39.8 Å². The van der Waals surface area contributed by atoms with Gasteiger partial charge in [0, 0.05) is 12.1 Å². The average molecular weight is 168 g/mol. The van der Waals surface area contributed by atoms with Crippen molar-refractivity contribution in [2.24, 2.45) is 5.73 Å². The molecule has 0 aliphatic rings. The topological polar surface area (TPSA) is 29.3 Å². The van der Waals surface area contributed by atoms with Gasteiger partial charge in [-0.25, -0.2) is 0 Å². The van der Waals surface area contributed by atoms with Gasteiger partial charge in [-0.1, -0.05) is 11.8 Å². The minimum Gasteiger partial charge on any atom is -0.320 e. The summed E-state index contributed by atoms with van der Waals surface area (Å²) in [5.74, 6) is 5.92. The molecule has 0 saturated heterocycles. The van der Waals surface area contributed by atoms with Crippen LogP contribution in [0.1, 0.15) is 27.7 Å². The van der Waals surface area contributed by atoms with E-state index in [1.54, 1.807) is 0 Å². The third-order valence-corrected chi connectivity index (χ3v) is 1.82. The SMILES string of the molecule is CC(C)N(CC#CCN)C(C)C. The first-order valence-electron chi connectivity index (χ1n) is 4.51. The van der Waals surface area contributed by atoms with Crippen molar-refractivity contribution < 1.29 is 0 Å². The molecule has 0 aromatic rings. The Morgan fingerprint density at radius 1 is 1.08 bits per heavy atom. The average Bonchev–Trinajstić information content (AvgIpc) is 1.96. The Labute approximate surface area is 76.1 Å². The number of rotatable bonds is 3. The third-order valence-electron chi connectivity index (χ3n) is 1.82. The highest BCUT2D eigenvalue weighted by Crippen LogP contribution is 2.02. The fourth-order valence-electron chi connectivity index (χ4n) is 1.18. The van der Waals surface area contributed by atoms with Crippen LogP contribution >= 0.6 is 0 Å². The van der Waals surface area contributed by atoms with E-state index in [1.165, 1.54) is 0 Å². The van der Waals surface area contributed by atoms with Gasteiger partial charge in [0.05, 0.1) is 13.1 Å². The molecular weight excluding hydrogens is 148 g/mol. The second kappa shape index (κ2) is 6.05. The van der Waals surface area contributed by atoms with Crippen LogP contribution in [0.2, 0.25) is 0 Å². The molecule has 0 unspecified atom stereocenters. The van der Waals surface area contributed by atoms with E-state index in [2.05, 4.69) is 44.4 Å². The van der Waals surface area contributed by atoms with Crippen molar-refractivity contribution in [3.05, 3.63) is 0 Å². The Bertz CT molecular complexity index is 154. The molecule has 0 bridgehead atoms. The summed E-state index contributed by atoms with van der Waals surface area (Å²) in [6.07, 6.45) is 0. The van der Waals surface area contributed by atoms with Crippen molar-refractivity contribution in [1.29, 1.82) is 0 Å². The van der Waals surface area contributed by atoms with Crippen molar-refractivity contribution >= 4 is 0 Å². The molecule has 0 radical (unpaired) electrons. The summed E-state index contributed by atoms with van der Waals surface area (Å²) < 4.78 is 0. The van der Waals surface area contributed by atoms with E-state index in [1.807, 2.05) is 0 Å². The summed E-state index contributed by atoms with van der Waals surface area (Å²) in [4.78, 5) is 2.34. The van der Waals surface area contributed by atoms with Crippen LogP contribution in [0.4, 0.5) is 0 Å². The van der Waals surface area contributed by atoms with E-state index >= 15 is 0 Å². The van der Waals surface area contributed by atoms with Crippen molar-refractivity contribution in [3.8, 4) is 11.8 Å². The Hall–Kier alpha value is -0.520. The summed E-state index contributed by atoms with van der Waals surface area (Å²) in [6, 6.07) is 1.11. The zero-order valence-corrected chi connectivity index (χ0v) is 8.59. The lowest BCUT2D eigenvalue weighted by molar-refractivity contribution is 0.200. The van der Waals surface area contributed by atoms with Gasteiger partial charge < -0.3 is 5.73 Å². The fraction of sp³-hybridized carbons (Fsp3) is 0.800. The van der Waals surface area contributed by atoms with E-state index < -0.39 is 0 Å². The molecule has 2 nitrogen and oxygen atoms in total. The standard InChI is InChI=1S/C10H20N2/c1-9(2)12(10(3)4)8-6-5-7-11/h9-10H,7-8,11H2,1-4H3. The first-order valence-corrected chi connectivity index (χ1v) is 4.51. The largest absolute Gasteiger partial charge is 0.320 e. The maximum absolute atomic E-state index is 5.27. The normalized spacial score (nSPS) is 10.7. The van der Waals surface area contributed by atoms with Crippen molar-refractivity contribution in [1.82, 2.24) is 4.90 Å². The van der Waals surface area contributed by atoms with Gasteiger partial charge in [0.15, 0.2) is 0 Å². The highest BCUT2D eigenvalue weighted by molar-refractivity contribution is 5.02. The molecule has 12 heavy (non-hydrogen) atoms. The van der Waals surface area contributed by atoms with Gasteiger partial charge in [0.1, 0.15) is 0 Å². The number of hydrogen-bond acceptors (Lipinski definition) is 2. The lowest BCUT2D eigenvalue weighted by Gasteiger charge is -2.28. The van der Waals surface area contributed by atoms with E-state index in [0.29, 0.717) is 18.6 Å². The van der Waals surface area contributed by atoms with Crippen molar-refractivity contribution in [2.75, 3.05) is 13.1 Å². The van der Waals surface area contributed by atoms with Gasteiger partial charge >= 0.3 is 0 Å². The van der Waals surface area contributed by atoms with Crippen LogP contribution in [0.25, 0.3) is 0 Å². The van der Waals surface area contributed by atoms with Gasteiger partial charge in [-0.2, -0.15) is 0 Å². The molecule has 2 heteroatoms. The van der Waals surface area contributed by atoms with Crippen LogP contribution in [0.3, 0.4) is 0 Å². The van der Waals surface area contributed by atoms with Crippen LogP contribution < -0.4 is 5.73 Å². The van der Waals surface area contributed by atoms with E-state index in [-0.39, 0.29) is 0 Å². The Morgan fingerprint density at radius 3 is 1.92 bits per heavy atom. The van der Waals surface area contributed by atoms with Crippen LogP contribution in [0.5, 0.6) is 0 Å². The number of nitrogens with two attached hydrogens (primary N) is 1. The van der Waals surface area contributed by atoms with Gasteiger partial charge in [0.2, 0.25) is 0 Å². The van der Waals surface area contributed by atoms with Gasteiger partial charge in [-0.15, -0.1) is 0 Å². The first-order chi connectivity index (χ1) is 5.59. The van der Waals surface area contributed by atoms with E-state index in [4.69, 9.17) is 5.73 Å².